The van der Waals surface area contributed by atoms with Gasteiger partial charge in [0.25, 0.3) is 0 Å². The minimum absolute atomic E-state index is 0.102. The quantitative estimate of drug-likeness (QED) is 0.624. The van der Waals surface area contributed by atoms with Crippen LogP contribution in [0.1, 0.15) is 0 Å². The van der Waals surface area contributed by atoms with Gasteiger partial charge in [0.15, 0.2) is 9.84 Å². The van der Waals surface area contributed by atoms with Crippen LogP contribution in [-0.4, -0.2) is 61.1 Å². The Morgan fingerprint density at radius 2 is 1.79 bits per heavy atom. The Bertz CT molecular complexity index is 1110. The summed E-state index contributed by atoms with van der Waals surface area (Å²) in [6.45, 7) is 2.08. The summed E-state index contributed by atoms with van der Waals surface area (Å²) >= 11 is 7.36. The second-order valence-electron chi connectivity index (χ2n) is 6.42. The van der Waals surface area contributed by atoms with Crippen LogP contribution in [0.2, 0.25) is 5.02 Å². The predicted molar refractivity (Wildman–Crippen MR) is 110 cm³/mol. The number of rotatable bonds is 4. The molecule has 0 saturated carbocycles. The number of benzene rings is 1. The summed E-state index contributed by atoms with van der Waals surface area (Å²) in [4.78, 5) is 25.9. The van der Waals surface area contributed by atoms with E-state index in [4.69, 9.17) is 11.6 Å². The highest BCUT2D eigenvalue weighted by molar-refractivity contribution is 7.92. The number of anilines is 1. The lowest BCUT2D eigenvalue weighted by Crippen LogP contribution is -2.50. The molecule has 0 atom stereocenters. The number of amides is 1. The minimum Gasteiger partial charge on any atom is -0.352 e. The molecular weight excluding hydrogens is 420 g/mol. The van der Waals surface area contributed by atoms with Crippen molar-refractivity contribution in [2.24, 2.45) is 0 Å². The first-order valence-electron chi connectivity index (χ1n) is 8.63. The third kappa shape index (κ3) is 3.82. The summed E-state index contributed by atoms with van der Waals surface area (Å²) in [6, 6.07) is 7.84. The molecule has 3 aromatic rings. The number of aromatic nitrogens is 2. The number of carbonyl (C=O) groups excluding carboxylic acids is 1. The molecule has 1 aromatic carbocycles. The van der Waals surface area contributed by atoms with Crippen LogP contribution < -0.4 is 4.90 Å². The molecular formula is C18H17ClN4O3S2. The van der Waals surface area contributed by atoms with E-state index in [9.17, 15) is 13.2 Å². The molecule has 4 rings (SSSR count). The number of piperazine rings is 1. The van der Waals surface area contributed by atoms with E-state index >= 15 is 0 Å². The molecule has 0 spiro atoms. The van der Waals surface area contributed by atoms with Crippen molar-refractivity contribution in [1.82, 2.24) is 14.9 Å². The van der Waals surface area contributed by atoms with Crippen LogP contribution in [0.3, 0.4) is 0 Å². The maximum absolute atomic E-state index is 12.5. The number of halogens is 1. The average molecular weight is 437 g/mol. The van der Waals surface area contributed by atoms with Crippen molar-refractivity contribution < 1.29 is 13.2 Å². The van der Waals surface area contributed by atoms with Crippen molar-refractivity contribution in [3.63, 3.8) is 0 Å². The second-order valence-corrected chi connectivity index (χ2v) is 9.74. The van der Waals surface area contributed by atoms with E-state index in [2.05, 4.69) is 14.9 Å². The third-order valence-corrected chi connectivity index (χ3v) is 7.35. The highest BCUT2D eigenvalue weighted by Crippen LogP contribution is 2.27. The van der Waals surface area contributed by atoms with E-state index in [0.29, 0.717) is 31.2 Å². The summed E-state index contributed by atoms with van der Waals surface area (Å²) in [5.74, 6) is -0.0817. The van der Waals surface area contributed by atoms with Crippen LogP contribution in [0.4, 0.5) is 5.82 Å². The first-order valence-corrected chi connectivity index (χ1v) is 11.5. The lowest BCUT2D eigenvalue weighted by molar-refractivity contribution is -0.128. The molecule has 146 valence electrons. The van der Waals surface area contributed by atoms with Crippen LogP contribution in [0.25, 0.3) is 10.2 Å². The largest absolute Gasteiger partial charge is 0.352 e. The van der Waals surface area contributed by atoms with Crippen molar-refractivity contribution in [3.8, 4) is 0 Å². The Morgan fingerprint density at radius 3 is 2.50 bits per heavy atom. The molecule has 1 amide bonds. The van der Waals surface area contributed by atoms with E-state index in [0.717, 1.165) is 16.0 Å². The molecule has 1 fully saturated rings. The Morgan fingerprint density at radius 1 is 1.07 bits per heavy atom. The maximum atomic E-state index is 12.5. The molecule has 0 bridgehead atoms. The summed E-state index contributed by atoms with van der Waals surface area (Å²) < 4.78 is 25.0. The second kappa shape index (κ2) is 7.65. The minimum atomic E-state index is -3.70. The predicted octanol–water partition coefficient (Wildman–Crippen LogP) is 2.47. The van der Waals surface area contributed by atoms with E-state index in [1.54, 1.807) is 22.6 Å². The molecule has 28 heavy (non-hydrogen) atoms. The maximum Gasteiger partial charge on any atom is 0.238 e. The molecule has 1 saturated heterocycles. The van der Waals surface area contributed by atoms with Gasteiger partial charge in [0.2, 0.25) is 5.91 Å². The molecule has 0 unspecified atom stereocenters. The number of hydrogen-bond acceptors (Lipinski definition) is 7. The highest BCUT2D eigenvalue weighted by atomic mass is 35.5. The fourth-order valence-corrected chi connectivity index (χ4v) is 5.25. The van der Waals surface area contributed by atoms with Gasteiger partial charge in [-0.3, -0.25) is 4.79 Å². The monoisotopic (exact) mass is 436 g/mol. The molecule has 7 nitrogen and oxygen atoms in total. The summed E-state index contributed by atoms with van der Waals surface area (Å²) in [5.41, 5.74) is 0. The van der Waals surface area contributed by atoms with Crippen molar-refractivity contribution in [3.05, 3.63) is 47.1 Å². The summed E-state index contributed by atoms with van der Waals surface area (Å²) in [6.07, 6.45) is 1.55. The van der Waals surface area contributed by atoms with Crippen molar-refractivity contribution >= 4 is 54.7 Å². The fraction of sp³-hybridized carbons (Fsp3) is 0.278. The van der Waals surface area contributed by atoms with Crippen LogP contribution in [0.15, 0.2) is 46.9 Å². The lowest BCUT2D eigenvalue weighted by atomic mass is 10.2. The SMILES string of the molecule is O=C(CS(=O)(=O)c1ccc(Cl)cc1)N1CCN(c2ncnc3sccc23)CC1. The number of carbonyl (C=O) groups is 1. The molecule has 1 aliphatic heterocycles. The Hall–Kier alpha value is -2.23. The fourth-order valence-electron chi connectivity index (χ4n) is 3.18. The molecule has 2 aromatic heterocycles. The standard InChI is InChI=1S/C18H17ClN4O3S2/c19-13-1-3-14(4-2-13)28(25,26)11-16(24)22-6-8-23(9-7-22)17-15-5-10-27-18(15)21-12-20-17/h1-5,10,12H,6-9,11H2. The number of sulfone groups is 1. The van der Waals surface area contributed by atoms with Gasteiger partial charge in [-0.1, -0.05) is 11.6 Å². The van der Waals surface area contributed by atoms with Crippen molar-refractivity contribution in [2.45, 2.75) is 4.90 Å². The van der Waals surface area contributed by atoms with Gasteiger partial charge >= 0.3 is 0 Å². The lowest BCUT2D eigenvalue weighted by Gasteiger charge is -2.35. The third-order valence-electron chi connectivity index (χ3n) is 4.66. The topological polar surface area (TPSA) is 83.5 Å². The van der Waals surface area contributed by atoms with E-state index in [1.807, 2.05) is 11.4 Å². The van der Waals surface area contributed by atoms with Crippen LogP contribution in [0.5, 0.6) is 0 Å². The van der Waals surface area contributed by atoms with Gasteiger partial charge in [-0.15, -0.1) is 11.3 Å². The number of fused-ring (bicyclic) bond motifs is 1. The van der Waals surface area contributed by atoms with Crippen LogP contribution >= 0.6 is 22.9 Å². The zero-order chi connectivity index (χ0) is 19.7. The van der Waals surface area contributed by atoms with E-state index < -0.39 is 21.5 Å². The number of hydrogen-bond donors (Lipinski definition) is 0. The first-order chi connectivity index (χ1) is 13.4. The number of thiophene rings is 1. The average Bonchev–Trinajstić information content (AvgIpc) is 3.17. The summed E-state index contributed by atoms with van der Waals surface area (Å²) in [7, 11) is -3.70. The van der Waals surface area contributed by atoms with Gasteiger partial charge in [0.05, 0.1) is 10.3 Å². The Balaban J connectivity index is 1.41. The van der Waals surface area contributed by atoms with Gasteiger partial charge in [0.1, 0.15) is 22.7 Å². The molecule has 0 N–H and O–H groups in total. The smallest absolute Gasteiger partial charge is 0.238 e. The zero-order valence-electron chi connectivity index (χ0n) is 14.8. The first kappa shape index (κ1) is 19.1. The van der Waals surface area contributed by atoms with Gasteiger partial charge < -0.3 is 9.80 Å². The van der Waals surface area contributed by atoms with Crippen LogP contribution in [0, 0.1) is 0 Å². The zero-order valence-corrected chi connectivity index (χ0v) is 17.2. The molecule has 10 heteroatoms. The van der Waals surface area contributed by atoms with E-state index in [1.165, 1.54) is 24.3 Å². The summed E-state index contributed by atoms with van der Waals surface area (Å²) in [5, 5.41) is 3.42. The van der Waals surface area contributed by atoms with Gasteiger partial charge in [0, 0.05) is 31.2 Å². The normalized spacial score (nSPS) is 15.2. The van der Waals surface area contributed by atoms with Gasteiger partial charge in [-0.2, -0.15) is 0 Å². The Labute approximate surface area is 171 Å². The van der Waals surface area contributed by atoms with Crippen molar-refractivity contribution in [1.29, 1.82) is 0 Å². The van der Waals surface area contributed by atoms with Gasteiger partial charge in [-0.05, 0) is 35.7 Å². The van der Waals surface area contributed by atoms with E-state index in [-0.39, 0.29) is 4.90 Å². The van der Waals surface area contributed by atoms with Crippen LogP contribution in [-0.2, 0) is 14.6 Å². The molecule has 1 aliphatic rings. The Kier molecular flexibility index (Phi) is 5.22. The molecule has 0 radical (unpaired) electrons. The molecule has 0 aliphatic carbocycles. The van der Waals surface area contributed by atoms with Gasteiger partial charge in [-0.25, -0.2) is 18.4 Å². The number of nitrogens with zero attached hydrogens (tertiary/aromatic N) is 4. The highest BCUT2D eigenvalue weighted by Gasteiger charge is 2.27. The molecule has 3 heterocycles. The van der Waals surface area contributed by atoms with Crippen molar-refractivity contribution in [2.75, 3.05) is 36.8 Å².